The number of thioether (sulfide) groups is 1. The van der Waals surface area contributed by atoms with Gasteiger partial charge in [0.25, 0.3) is 5.91 Å². The molecule has 0 fully saturated rings. The standard InChI is InChI=1S/C36H44N6O3S/c1-5-6-19-44-20-21-45-33-14-9-28(10-15-33)29-11-16-34-31(22-29)23-30(17-18-42(34)24-26(2)3)35(43)37-32-12-7-27(8-13-32)25-46-36-38-39-40-41(36)4/h7-16,22-23,26H,5-6,17-21,24-25H2,1-4H3,(H,37,43). The first kappa shape index (κ1) is 33.2. The number of hydrogen-bond donors (Lipinski definition) is 1. The number of benzene rings is 3. The highest BCUT2D eigenvalue weighted by Crippen LogP contribution is 2.34. The fourth-order valence-electron chi connectivity index (χ4n) is 5.28. The van der Waals surface area contributed by atoms with Gasteiger partial charge >= 0.3 is 0 Å². The van der Waals surface area contributed by atoms with E-state index in [1.54, 1.807) is 16.4 Å². The van der Waals surface area contributed by atoms with Crippen LogP contribution in [0.4, 0.5) is 11.4 Å². The quantitative estimate of drug-likeness (QED) is 0.107. The number of fused-ring (bicyclic) bond motifs is 1. The average Bonchev–Trinajstić information content (AvgIpc) is 3.38. The van der Waals surface area contributed by atoms with Crippen LogP contribution in [0.25, 0.3) is 17.2 Å². The van der Waals surface area contributed by atoms with Crippen LogP contribution < -0.4 is 15.0 Å². The minimum absolute atomic E-state index is 0.0739. The molecule has 0 spiro atoms. The van der Waals surface area contributed by atoms with E-state index >= 15 is 0 Å². The molecule has 4 aromatic rings. The van der Waals surface area contributed by atoms with Crippen LogP contribution in [0.5, 0.6) is 5.75 Å². The van der Waals surface area contributed by atoms with Crippen LogP contribution >= 0.6 is 11.8 Å². The Morgan fingerprint density at radius 2 is 1.78 bits per heavy atom. The number of amides is 1. The van der Waals surface area contributed by atoms with E-state index in [1.165, 1.54) is 0 Å². The van der Waals surface area contributed by atoms with E-state index in [-0.39, 0.29) is 5.91 Å². The molecule has 1 aliphatic heterocycles. The van der Waals surface area contributed by atoms with Crippen molar-refractivity contribution in [3.63, 3.8) is 0 Å². The molecule has 0 saturated heterocycles. The van der Waals surface area contributed by atoms with E-state index in [9.17, 15) is 4.79 Å². The Hall–Kier alpha value is -4.15. The molecule has 1 amide bonds. The molecule has 9 nitrogen and oxygen atoms in total. The number of carbonyl (C=O) groups excluding carboxylic acids is 1. The SMILES string of the molecule is CCCCOCCOc1ccc(-c2ccc3c(c2)C=C(C(=O)Nc2ccc(CSc4nnnn4C)cc2)CCN3CC(C)C)cc1. The zero-order valence-corrected chi connectivity index (χ0v) is 28.1. The Balaban J connectivity index is 1.27. The van der Waals surface area contributed by atoms with Crippen molar-refractivity contribution in [2.24, 2.45) is 13.0 Å². The molecule has 2 heterocycles. The molecule has 1 aromatic heterocycles. The Bertz CT molecular complexity index is 1600. The van der Waals surface area contributed by atoms with Gasteiger partial charge in [-0.15, -0.1) is 5.10 Å². The lowest BCUT2D eigenvalue weighted by Crippen LogP contribution is -2.29. The molecule has 1 aliphatic rings. The van der Waals surface area contributed by atoms with E-state index in [0.717, 1.165) is 88.4 Å². The van der Waals surface area contributed by atoms with Crippen molar-refractivity contribution < 1.29 is 14.3 Å². The summed E-state index contributed by atoms with van der Waals surface area (Å²) in [6.45, 7) is 10.2. The van der Waals surface area contributed by atoms with Crippen LogP contribution in [-0.4, -0.2) is 59.0 Å². The fraction of sp³-hybridized carbons (Fsp3) is 0.389. The summed E-state index contributed by atoms with van der Waals surface area (Å²) in [5.74, 6) is 1.99. The van der Waals surface area contributed by atoms with Gasteiger partial charge in [-0.2, -0.15) is 0 Å². The molecule has 5 rings (SSSR count). The first-order chi connectivity index (χ1) is 22.4. The Morgan fingerprint density at radius 3 is 2.50 bits per heavy atom. The van der Waals surface area contributed by atoms with Gasteiger partial charge in [-0.25, -0.2) is 4.68 Å². The lowest BCUT2D eigenvalue weighted by molar-refractivity contribution is -0.112. The zero-order valence-electron chi connectivity index (χ0n) is 27.2. The van der Waals surface area contributed by atoms with Crippen molar-refractivity contribution in [1.29, 1.82) is 0 Å². The molecule has 0 unspecified atom stereocenters. The number of aryl methyl sites for hydroxylation is 1. The molecular formula is C36H44N6O3S. The van der Waals surface area contributed by atoms with Crippen molar-refractivity contribution in [1.82, 2.24) is 20.2 Å². The van der Waals surface area contributed by atoms with Crippen LogP contribution in [0.3, 0.4) is 0 Å². The van der Waals surface area contributed by atoms with Gasteiger partial charge in [-0.3, -0.25) is 4.79 Å². The molecular weight excluding hydrogens is 597 g/mol. The molecule has 0 bridgehead atoms. The number of unbranched alkanes of at least 4 members (excludes halogenated alkanes) is 1. The molecule has 10 heteroatoms. The monoisotopic (exact) mass is 640 g/mol. The number of ether oxygens (including phenoxy) is 2. The van der Waals surface area contributed by atoms with E-state index in [2.05, 4.69) is 82.9 Å². The lowest BCUT2D eigenvalue weighted by atomic mass is 10.00. The van der Waals surface area contributed by atoms with Crippen molar-refractivity contribution in [2.45, 2.75) is 50.9 Å². The number of rotatable bonds is 15. The molecule has 0 saturated carbocycles. The summed E-state index contributed by atoms with van der Waals surface area (Å²) in [4.78, 5) is 16.0. The highest BCUT2D eigenvalue weighted by Gasteiger charge is 2.21. The Labute approximate surface area is 276 Å². The van der Waals surface area contributed by atoms with Crippen molar-refractivity contribution in [3.05, 3.63) is 83.4 Å². The molecule has 0 atom stereocenters. The first-order valence-electron chi connectivity index (χ1n) is 16.1. The number of nitrogens with zero attached hydrogens (tertiary/aromatic N) is 5. The summed E-state index contributed by atoms with van der Waals surface area (Å²) < 4.78 is 13.1. The van der Waals surface area contributed by atoms with Gasteiger partial charge in [0.05, 0.1) is 6.61 Å². The van der Waals surface area contributed by atoms with E-state index < -0.39 is 0 Å². The smallest absolute Gasteiger partial charge is 0.251 e. The predicted molar refractivity (Wildman–Crippen MR) is 186 cm³/mol. The maximum atomic E-state index is 13.6. The lowest BCUT2D eigenvalue weighted by Gasteiger charge is -2.27. The number of aromatic nitrogens is 4. The third-order valence-electron chi connectivity index (χ3n) is 7.71. The number of hydrogen-bond acceptors (Lipinski definition) is 8. The zero-order chi connectivity index (χ0) is 32.3. The number of carbonyl (C=O) groups is 1. The molecule has 242 valence electrons. The van der Waals surface area contributed by atoms with Crippen LogP contribution in [0.1, 0.15) is 51.2 Å². The molecule has 1 N–H and O–H groups in total. The third-order valence-corrected chi connectivity index (χ3v) is 8.80. The van der Waals surface area contributed by atoms with Gasteiger partial charge in [0, 0.05) is 49.4 Å². The van der Waals surface area contributed by atoms with Gasteiger partial charge in [0.2, 0.25) is 5.16 Å². The normalized spacial score (nSPS) is 12.9. The summed E-state index contributed by atoms with van der Waals surface area (Å²) in [7, 11) is 1.82. The van der Waals surface area contributed by atoms with E-state index in [0.29, 0.717) is 25.6 Å². The minimum Gasteiger partial charge on any atom is -0.491 e. The third kappa shape index (κ3) is 9.20. The molecule has 0 aliphatic carbocycles. The fourth-order valence-corrected chi connectivity index (χ4v) is 6.09. The van der Waals surface area contributed by atoms with Crippen molar-refractivity contribution >= 4 is 35.1 Å². The van der Waals surface area contributed by atoms with Crippen molar-refractivity contribution in [3.8, 4) is 16.9 Å². The van der Waals surface area contributed by atoms with E-state index in [4.69, 9.17) is 9.47 Å². The highest BCUT2D eigenvalue weighted by atomic mass is 32.2. The largest absolute Gasteiger partial charge is 0.491 e. The Morgan fingerprint density at radius 1 is 1.00 bits per heavy atom. The van der Waals surface area contributed by atoms with Crippen molar-refractivity contribution in [2.75, 3.05) is 43.1 Å². The summed E-state index contributed by atoms with van der Waals surface area (Å²) in [5, 5.41) is 15.5. The predicted octanol–water partition coefficient (Wildman–Crippen LogP) is 7.25. The molecule has 46 heavy (non-hydrogen) atoms. The van der Waals surface area contributed by atoms with Gasteiger partial charge in [-0.05, 0) is 93.9 Å². The number of nitrogens with one attached hydrogen (secondary N) is 1. The summed E-state index contributed by atoms with van der Waals surface area (Å²) >= 11 is 1.57. The van der Waals surface area contributed by atoms with Gasteiger partial charge < -0.3 is 19.7 Å². The number of tetrazole rings is 1. The van der Waals surface area contributed by atoms with Crippen LogP contribution in [0.15, 0.2) is 77.5 Å². The second-order valence-corrected chi connectivity index (χ2v) is 12.8. The molecule has 0 radical (unpaired) electrons. The van der Waals surface area contributed by atoms with Gasteiger partial charge in [0.15, 0.2) is 0 Å². The van der Waals surface area contributed by atoms with E-state index in [1.807, 2.05) is 43.4 Å². The maximum absolute atomic E-state index is 13.6. The second kappa shape index (κ2) is 16.4. The van der Waals surface area contributed by atoms with Crippen LogP contribution in [-0.2, 0) is 22.3 Å². The summed E-state index contributed by atoms with van der Waals surface area (Å²) in [6, 6.07) is 22.7. The summed E-state index contributed by atoms with van der Waals surface area (Å²) in [5.41, 5.74) is 7.07. The number of anilines is 2. The Kier molecular flexibility index (Phi) is 11.9. The topological polar surface area (TPSA) is 94.4 Å². The highest BCUT2D eigenvalue weighted by molar-refractivity contribution is 7.98. The second-order valence-electron chi connectivity index (χ2n) is 11.9. The average molecular weight is 641 g/mol. The summed E-state index contributed by atoms with van der Waals surface area (Å²) in [6.07, 6.45) is 4.93. The molecule has 3 aromatic carbocycles. The van der Waals surface area contributed by atoms with Crippen LogP contribution in [0, 0.1) is 5.92 Å². The maximum Gasteiger partial charge on any atom is 0.251 e. The minimum atomic E-state index is -0.0739. The first-order valence-corrected chi connectivity index (χ1v) is 17.0. The van der Waals surface area contributed by atoms with Gasteiger partial charge in [0.1, 0.15) is 12.4 Å². The van der Waals surface area contributed by atoms with Crippen LogP contribution in [0.2, 0.25) is 0 Å². The van der Waals surface area contributed by atoms with Gasteiger partial charge in [-0.1, -0.05) is 69.3 Å².